The van der Waals surface area contributed by atoms with Gasteiger partial charge in [0.2, 0.25) is 0 Å². The van der Waals surface area contributed by atoms with Gasteiger partial charge in [-0.25, -0.2) is 0 Å². The number of aliphatic hydroxyl groups excluding tert-OH is 2. The summed E-state index contributed by atoms with van der Waals surface area (Å²) in [4.78, 5) is 2.50. The predicted octanol–water partition coefficient (Wildman–Crippen LogP) is 0.440. The molecule has 4 heteroatoms. The van der Waals surface area contributed by atoms with Crippen molar-refractivity contribution in [3.8, 4) is 0 Å². The van der Waals surface area contributed by atoms with Crippen molar-refractivity contribution in [2.75, 3.05) is 32.8 Å². The van der Waals surface area contributed by atoms with Crippen LogP contribution in [-0.4, -0.2) is 59.5 Å². The number of hydrogen-bond acceptors (Lipinski definition) is 4. The topological polar surface area (TPSA) is 55.7 Å². The maximum Gasteiger partial charge on any atom is 0.0633 e. The summed E-state index contributed by atoms with van der Waals surface area (Å²) in [5.41, 5.74) is -0.537. The number of piperidine rings is 1. The highest BCUT2D eigenvalue weighted by Gasteiger charge is 2.28. The van der Waals surface area contributed by atoms with Crippen LogP contribution in [0, 0.1) is 5.92 Å². The largest absolute Gasteiger partial charge is 0.394 e. The first-order valence-corrected chi connectivity index (χ1v) is 6.71. The molecule has 1 heterocycles. The average molecular weight is 244 g/mol. The molecule has 4 nitrogen and oxygen atoms in total. The lowest BCUT2D eigenvalue weighted by Crippen LogP contribution is -2.56. The minimum Gasteiger partial charge on any atom is -0.394 e. The van der Waals surface area contributed by atoms with E-state index in [2.05, 4.69) is 24.1 Å². The minimum absolute atomic E-state index is 0.0181. The molecule has 0 aliphatic carbocycles. The third-order valence-corrected chi connectivity index (χ3v) is 3.46. The van der Waals surface area contributed by atoms with E-state index >= 15 is 0 Å². The molecule has 3 N–H and O–H groups in total. The van der Waals surface area contributed by atoms with Crippen molar-refractivity contribution in [2.45, 2.75) is 45.2 Å². The van der Waals surface area contributed by atoms with Crippen LogP contribution in [0.1, 0.15) is 33.6 Å². The quantitative estimate of drug-likeness (QED) is 0.634. The lowest BCUT2D eigenvalue weighted by atomic mass is 9.98. The van der Waals surface area contributed by atoms with E-state index < -0.39 is 5.54 Å². The van der Waals surface area contributed by atoms with E-state index in [9.17, 15) is 10.2 Å². The van der Waals surface area contributed by atoms with Crippen molar-refractivity contribution >= 4 is 0 Å². The second-order valence-corrected chi connectivity index (χ2v) is 5.99. The number of aliphatic hydroxyl groups is 2. The molecule has 0 aromatic carbocycles. The molecule has 0 unspecified atom stereocenters. The molecule has 17 heavy (non-hydrogen) atoms. The normalized spacial score (nSPS) is 20.1. The molecule has 1 fully saturated rings. The highest BCUT2D eigenvalue weighted by Crippen LogP contribution is 2.15. The fourth-order valence-corrected chi connectivity index (χ4v) is 2.41. The summed E-state index contributed by atoms with van der Waals surface area (Å²) in [5.74, 6) is 0.722. The Bertz CT molecular complexity index is 209. The Hall–Kier alpha value is -0.160. The van der Waals surface area contributed by atoms with Crippen LogP contribution in [0.15, 0.2) is 0 Å². The first-order valence-electron chi connectivity index (χ1n) is 6.71. The highest BCUT2D eigenvalue weighted by atomic mass is 16.3. The molecule has 0 bridgehead atoms. The maximum absolute atomic E-state index is 9.25. The van der Waals surface area contributed by atoms with Crippen LogP contribution in [0.4, 0.5) is 0 Å². The number of likely N-dealkylation sites (tertiary alicyclic amines) is 1. The third-order valence-electron chi connectivity index (χ3n) is 3.46. The van der Waals surface area contributed by atoms with E-state index in [1.165, 1.54) is 6.54 Å². The standard InChI is InChI=1S/C13H28N2O2/c1-11(2)8-15-6-4-12(5-7-15)14-13(3,9-16)10-17/h11-12,14,16-17H,4-10H2,1-3H3. The molecule has 0 aromatic heterocycles. The second-order valence-electron chi connectivity index (χ2n) is 5.99. The number of nitrogens with zero attached hydrogens (tertiary/aromatic N) is 1. The van der Waals surface area contributed by atoms with E-state index in [1.54, 1.807) is 0 Å². The Morgan fingerprint density at radius 3 is 2.18 bits per heavy atom. The van der Waals surface area contributed by atoms with Crippen LogP contribution in [0.5, 0.6) is 0 Å². The SMILES string of the molecule is CC(C)CN1CCC(NC(C)(CO)CO)CC1. The number of rotatable bonds is 6. The zero-order valence-electron chi connectivity index (χ0n) is 11.4. The summed E-state index contributed by atoms with van der Waals surface area (Å²) in [6.45, 7) is 9.73. The maximum atomic E-state index is 9.25. The third kappa shape index (κ3) is 4.92. The van der Waals surface area contributed by atoms with Gasteiger partial charge in [-0.05, 0) is 38.8 Å². The molecule has 0 aromatic rings. The zero-order chi connectivity index (χ0) is 12.9. The Morgan fingerprint density at radius 1 is 1.24 bits per heavy atom. The molecule has 1 rings (SSSR count). The fourth-order valence-electron chi connectivity index (χ4n) is 2.41. The van der Waals surface area contributed by atoms with E-state index in [0.29, 0.717) is 6.04 Å². The lowest BCUT2D eigenvalue weighted by molar-refractivity contribution is 0.0785. The lowest BCUT2D eigenvalue weighted by Gasteiger charge is -2.38. The van der Waals surface area contributed by atoms with Gasteiger partial charge in [-0.1, -0.05) is 13.8 Å². The van der Waals surface area contributed by atoms with Crippen molar-refractivity contribution in [3.05, 3.63) is 0 Å². The van der Waals surface area contributed by atoms with Gasteiger partial charge in [-0.3, -0.25) is 0 Å². The first kappa shape index (κ1) is 14.9. The van der Waals surface area contributed by atoms with Gasteiger partial charge in [-0.15, -0.1) is 0 Å². The first-order chi connectivity index (χ1) is 7.99. The summed E-state index contributed by atoms with van der Waals surface area (Å²) in [6.07, 6.45) is 2.20. The van der Waals surface area contributed by atoms with Crippen molar-refractivity contribution in [2.24, 2.45) is 5.92 Å². The minimum atomic E-state index is -0.537. The smallest absolute Gasteiger partial charge is 0.0633 e. The van der Waals surface area contributed by atoms with Gasteiger partial charge in [0.15, 0.2) is 0 Å². The van der Waals surface area contributed by atoms with Crippen LogP contribution in [0.25, 0.3) is 0 Å². The fraction of sp³-hybridized carbons (Fsp3) is 1.00. The highest BCUT2D eigenvalue weighted by molar-refractivity contribution is 4.88. The summed E-state index contributed by atoms with van der Waals surface area (Å²) in [5, 5.41) is 21.9. The van der Waals surface area contributed by atoms with Gasteiger partial charge in [0.1, 0.15) is 0 Å². The summed E-state index contributed by atoms with van der Waals surface area (Å²) in [7, 11) is 0. The van der Waals surface area contributed by atoms with Gasteiger partial charge in [-0.2, -0.15) is 0 Å². The number of hydrogen-bond donors (Lipinski definition) is 3. The van der Waals surface area contributed by atoms with E-state index in [-0.39, 0.29) is 13.2 Å². The van der Waals surface area contributed by atoms with Gasteiger partial charge >= 0.3 is 0 Å². The Labute approximate surface area is 105 Å². The Balaban J connectivity index is 2.32. The van der Waals surface area contributed by atoms with Crippen molar-refractivity contribution in [1.29, 1.82) is 0 Å². The second kappa shape index (κ2) is 6.69. The van der Waals surface area contributed by atoms with Gasteiger partial charge in [0.25, 0.3) is 0 Å². The Morgan fingerprint density at radius 2 is 1.76 bits per heavy atom. The monoisotopic (exact) mass is 244 g/mol. The molecule has 1 aliphatic heterocycles. The summed E-state index contributed by atoms with van der Waals surface area (Å²) in [6, 6.07) is 0.419. The van der Waals surface area contributed by atoms with Gasteiger partial charge in [0, 0.05) is 12.6 Å². The molecule has 0 saturated carbocycles. The molecule has 1 saturated heterocycles. The molecular formula is C13H28N2O2. The number of nitrogens with one attached hydrogen (secondary N) is 1. The molecular weight excluding hydrogens is 216 g/mol. The van der Waals surface area contributed by atoms with Gasteiger partial charge < -0.3 is 20.4 Å². The molecule has 1 aliphatic rings. The Kier molecular flexibility index (Phi) is 5.86. The van der Waals surface area contributed by atoms with Crippen LogP contribution in [0.3, 0.4) is 0 Å². The van der Waals surface area contributed by atoms with Crippen LogP contribution in [0.2, 0.25) is 0 Å². The molecule has 102 valence electrons. The summed E-state index contributed by atoms with van der Waals surface area (Å²) >= 11 is 0. The van der Waals surface area contributed by atoms with Crippen molar-refractivity contribution in [1.82, 2.24) is 10.2 Å². The molecule has 0 amide bonds. The van der Waals surface area contributed by atoms with Crippen LogP contribution < -0.4 is 5.32 Å². The van der Waals surface area contributed by atoms with Gasteiger partial charge in [0.05, 0.1) is 18.8 Å². The van der Waals surface area contributed by atoms with Crippen molar-refractivity contribution < 1.29 is 10.2 Å². The van der Waals surface area contributed by atoms with E-state index in [4.69, 9.17) is 0 Å². The van der Waals surface area contributed by atoms with E-state index in [1.807, 2.05) is 6.92 Å². The molecule has 0 radical (unpaired) electrons. The average Bonchev–Trinajstić information content (AvgIpc) is 2.31. The van der Waals surface area contributed by atoms with E-state index in [0.717, 1.165) is 31.8 Å². The van der Waals surface area contributed by atoms with Crippen LogP contribution in [-0.2, 0) is 0 Å². The zero-order valence-corrected chi connectivity index (χ0v) is 11.4. The van der Waals surface area contributed by atoms with Crippen molar-refractivity contribution in [3.63, 3.8) is 0 Å². The molecule has 0 atom stereocenters. The molecule has 0 spiro atoms. The van der Waals surface area contributed by atoms with Crippen LogP contribution >= 0.6 is 0 Å². The predicted molar refractivity (Wildman–Crippen MR) is 70.0 cm³/mol. The summed E-state index contributed by atoms with van der Waals surface area (Å²) < 4.78 is 0.